The summed E-state index contributed by atoms with van der Waals surface area (Å²) in [6.07, 6.45) is 2.09. The average Bonchev–Trinajstić information content (AvgIpc) is 3.37. The standard InChI is InChI=1S/C27H29N5O4/c1-16-21(32(33)34)14-19-24(31-27(36-3)26(30-19)35-2)22(16)20-15-28-25(29-20)23(17-10-6-4-7-11-17)18-12-8-5-9-13-18/h4-13,15-16,19,21-24H,14H2,1-3H3,(H,28,29). The molecule has 0 amide bonds. The summed E-state index contributed by atoms with van der Waals surface area (Å²) in [6, 6.07) is 18.9. The SMILES string of the molecule is COC1=NC2CC([N+](=O)[O-])C(C)C(c3cnc(C(c4ccccc4)c4ccccc4)[nH]3)C2N=C1OC. The fourth-order valence-corrected chi connectivity index (χ4v) is 5.58. The summed E-state index contributed by atoms with van der Waals surface area (Å²) in [4.78, 5) is 29.6. The Labute approximate surface area is 209 Å². The smallest absolute Gasteiger partial charge is 0.273 e. The number of rotatable bonds is 5. The van der Waals surface area contributed by atoms with Crippen LogP contribution in [0, 0.1) is 16.0 Å². The number of H-pyrrole nitrogens is 1. The Morgan fingerprint density at radius 2 is 1.56 bits per heavy atom. The summed E-state index contributed by atoms with van der Waals surface area (Å²) in [5.74, 6) is 0.670. The minimum absolute atomic E-state index is 0.107. The van der Waals surface area contributed by atoms with E-state index in [1.807, 2.05) is 43.3 Å². The highest BCUT2D eigenvalue weighted by molar-refractivity contribution is 6.35. The van der Waals surface area contributed by atoms with E-state index in [1.54, 1.807) is 6.20 Å². The van der Waals surface area contributed by atoms with Crippen molar-refractivity contribution in [1.29, 1.82) is 0 Å². The number of imidazole rings is 1. The maximum atomic E-state index is 12.0. The number of nitrogens with zero attached hydrogens (tertiary/aromatic N) is 4. The van der Waals surface area contributed by atoms with Crippen molar-refractivity contribution in [3.05, 3.63) is 99.6 Å². The van der Waals surface area contributed by atoms with Gasteiger partial charge < -0.3 is 14.5 Å². The summed E-state index contributed by atoms with van der Waals surface area (Å²) in [7, 11) is 3.02. The number of aromatic nitrogens is 2. The van der Waals surface area contributed by atoms with E-state index in [0.717, 1.165) is 22.6 Å². The van der Waals surface area contributed by atoms with E-state index < -0.39 is 6.04 Å². The average molecular weight is 488 g/mol. The van der Waals surface area contributed by atoms with Gasteiger partial charge in [0, 0.05) is 35.1 Å². The van der Waals surface area contributed by atoms with Crippen molar-refractivity contribution < 1.29 is 14.4 Å². The molecule has 1 saturated carbocycles. The lowest BCUT2D eigenvalue weighted by molar-refractivity contribution is -0.536. The van der Waals surface area contributed by atoms with Gasteiger partial charge in [0.25, 0.3) is 11.8 Å². The Balaban J connectivity index is 1.57. The second-order valence-corrected chi connectivity index (χ2v) is 9.29. The van der Waals surface area contributed by atoms with Crippen LogP contribution in [0.3, 0.4) is 0 Å². The molecular formula is C27H29N5O4. The molecule has 0 saturated heterocycles. The van der Waals surface area contributed by atoms with Crippen LogP contribution in [0.2, 0.25) is 0 Å². The Hall–Kier alpha value is -4.01. The molecule has 0 radical (unpaired) electrons. The van der Waals surface area contributed by atoms with Gasteiger partial charge in [-0.15, -0.1) is 0 Å². The highest BCUT2D eigenvalue weighted by Crippen LogP contribution is 2.43. The summed E-state index contributed by atoms with van der Waals surface area (Å²) in [5.41, 5.74) is 3.02. The zero-order chi connectivity index (χ0) is 25.2. The van der Waals surface area contributed by atoms with Gasteiger partial charge in [-0.1, -0.05) is 67.6 Å². The molecule has 3 aromatic rings. The first kappa shape index (κ1) is 23.7. The third kappa shape index (κ3) is 4.25. The Morgan fingerprint density at radius 3 is 2.11 bits per heavy atom. The zero-order valence-corrected chi connectivity index (χ0v) is 20.4. The Kier molecular flexibility index (Phi) is 6.54. The van der Waals surface area contributed by atoms with Crippen LogP contribution in [-0.2, 0) is 9.47 Å². The molecule has 5 atom stereocenters. The Bertz CT molecular complexity index is 1230. The normalized spacial score (nSPS) is 25.5. The predicted octanol–water partition coefficient (Wildman–Crippen LogP) is 4.20. The molecule has 1 N–H and O–H groups in total. The van der Waals surface area contributed by atoms with Gasteiger partial charge >= 0.3 is 0 Å². The van der Waals surface area contributed by atoms with Gasteiger partial charge in [-0.2, -0.15) is 0 Å². The van der Waals surface area contributed by atoms with E-state index in [-0.39, 0.29) is 40.7 Å². The first-order valence-electron chi connectivity index (χ1n) is 12.0. The second kappa shape index (κ2) is 9.93. The third-order valence-electron chi connectivity index (χ3n) is 7.32. The predicted molar refractivity (Wildman–Crippen MR) is 136 cm³/mol. The van der Waals surface area contributed by atoms with E-state index in [9.17, 15) is 10.1 Å². The van der Waals surface area contributed by atoms with Gasteiger partial charge in [0.1, 0.15) is 5.82 Å². The van der Waals surface area contributed by atoms with E-state index in [2.05, 4.69) is 34.2 Å². The van der Waals surface area contributed by atoms with Crippen LogP contribution in [0.25, 0.3) is 0 Å². The summed E-state index contributed by atoms with van der Waals surface area (Å²) in [6.45, 7) is 1.91. The number of hydrogen-bond acceptors (Lipinski definition) is 7. The molecule has 186 valence electrons. The number of fused-ring (bicyclic) bond motifs is 1. The molecule has 2 aliphatic rings. The van der Waals surface area contributed by atoms with Crippen LogP contribution in [0.15, 0.2) is 76.8 Å². The molecule has 1 aliphatic carbocycles. The van der Waals surface area contributed by atoms with Crippen LogP contribution in [0.4, 0.5) is 0 Å². The van der Waals surface area contributed by atoms with Gasteiger partial charge in [-0.3, -0.25) is 10.1 Å². The van der Waals surface area contributed by atoms with Crippen LogP contribution < -0.4 is 0 Å². The van der Waals surface area contributed by atoms with Crippen molar-refractivity contribution in [2.75, 3.05) is 14.2 Å². The van der Waals surface area contributed by atoms with Gasteiger partial charge in [0.15, 0.2) is 0 Å². The van der Waals surface area contributed by atoms with E-state index in [0.29, 0.717) is 12.3 Å². The van der Waals surface area contributed by atoms with Gasteiger partial charge in [0.05, 0.1) is 32.2 Å². The first-order chi connectivity index (χ1) is 17.5. The zero-order valence-electron chi connectivity index (χ0n) is 20.4. The van der Waals surface area contributed by atoms with Crippen molar-refractivity contribution in [3.63, 3.8) is 0 Å². The fourth-order valence-electron chi connectivity index (χ4n) is 5.58. The van der Waals surface area contributed by atoms with Crippen molar-refractivity contribution in [3.8, 4) is 0 Å². The molecule has 1 aliphatic heterocycles. The molecule has 5 unspecified atom stereocenters. The molecule has 1 aromatic heterocycles. The molecule has 9 heteroatoms. The maximum Gasteiger partial charge on any atom is 0.273 e. The molecule has 0 bridgehead atoms. The van der Waals surface area contributed by atoms with Crippen molar-refractivity contribution in [2.24, 2.45) is 15.9 Å². The molecule has 5 rings (SSSR count). The first-order valence-corrected chi connectivity index (χ1v) is 12.0. The summed E-state index contributed by atoms with van der Waals surface area (Å²) in [5, 5.41) is 12.0. The van der Waals surface area contributed by atoms with Crippen LogP contribution in [0.5, 0.6) is 0 Å². The van der Waals surface area contributed by atoms with Crippen LogP contribution >= 0.6 is 0 Å². The number of ether oxygens (including phenoxy) is 2. The second-order valence-electron chi connectivity index (χ2n) is 9.29. The lowest BCUT2D eigenvalue weighted by Gasteiger charge is -2.40. The van der Waals surface area contributed by atoms with Gasteiger partial charge in [0.2, 0.25) is 6.04 Å². The number of hydrogen-bond donors (Lipinski definition) is 1. The number of methoxy groups -OCH3 is 2. The largest absolute Gasteiger partial charge is 0.477 e. The van der Waals surface area contributed by atoms with Crippen LogP contribution in [-0.4, -0.2) is 59.0 Å². The lowest BCUT2D eigenvalue weighted by Crippen LogP contribution is -2.51. The minimum atomic E-state index is -0.761. The third-order valence-corrected chi connectivity index (χ3v) is 7.32. The summed E-state index contributed by atoms with van der Waals surface area (Å²) < 4.78 is 10.8. The minimum Gasteiger partial charge on any atom is -0.477 e. The molecule has 2 aromatic carbocycles. The summed E-state index contributed by atoms with van der Waals surface area (Å²) >= 11 is 0. The highest BCUT2D eigenvalue weighted by Gasteiger charge is 2.51. The van der Waals surface area contributed by atoms with Crippen LogP contribution in [0.1, 0.15) is 47.8 Å². The molecular weight excluding hydrogens is 458 g/mol. The monoisotopic (exact) mass is 487 g/mol. The highest BCUT2D eigenvalue weighted by atomic mass is 16.6. The fraction of sp³-hybridized carbons (Fsp3) is 0.370. The topological polar surface area (TPSA) is 115 Å². The number of nitrogens with one attached hydrogen (secondary N) is 1. The van der Waals surface area contributed by atoms with Crippen molar-refractivity contribution in [2.45, 2.75) is 43.3 Å². The number of nitro groups is 1. The van der Waals surface area contributed by atoms with E-state index >= 15 is 0 Å². The van der Waals surface area contributed by atoms with Crippen molar-refractivity contribution in [1.82, 2.24) is 9.97 Å². The number of aliphatic imine (C=N–C) groups is 2. The number of benzene rings is 2. The maximum absolute atomic E-state index is 12.0. The molecule has 36 heavy (non-hydrogen) atoms. The van der Waals surface area contributed by atoms with E-state index in [1.165, 1.54) is 14.2 Å². The Morgan fingerprint density at radius 1 is 0.972 bits per heavy atom. The lowest BCUT2D eigenvalue weighted by atomic mass is 9.70. The molecule has 1 fully saturated rings. The molecule has 0 spiro atoms. The molecule has 2 heterocycles. The quantitative estimate of drug-likeness (QED) is 0.428. The van der Waals surface area contributed by atoms with Crippen molar-refractivity contribution >= 4 is 11.8 Å². The molecule has 9 nitrogen and oxygen atoms in total. The van der Waals surface area contributed by atoms with Gasteiger partial charge in [-0.05, 0) is 11.1 Å². The van der Waals surface area contributed by atoms with Gasteiger partial charge in [-0.25, -0.2) is 15.0 Å². The van der Waals surface area contributed by atoms with E-state index in [4.69, 9.17) is 19.5 Å². The number of aromatic amines is 1.